The lowest BCUT2D eigenvalue weighted by atomic mass is 9.91. The summed E-state index contributed by atoms with van der Waals surface area (Å²) in [5.41, 5.74) is 9.71. The predicted molar refractivity (Wildman–Crippen MR) is 128 cm³/mol. The maximum atomic E-state index is 5.64. The van der Waals surface area contributed by atoms with Gasteiger partial charge in [0.1, 0.15) is 5.82 Å². The Balaban J connectivity index is 1.53. The molecule has 2 aromatic heterocycles. The molecule has 5 aromatic rings. The minimum absolute atomic E-state index is 0.175. The van der Waals surface area contributed by atoms with Gasteiger partial charge in [0, 0.05) is 30.2 Å². The minimum atomic E-state index is 0.175. The molecule has 0 aliphatic rings. The first kappa shape index (κ1) is 19.6. The van der Waals surface area contributed by atoms with Crippen molar-refractivity contribution in [1.29, 1.82) is 0 Å². The van der Waals surface area contributed by atoms with Gasteiger partial charge in [-0.05, 0) is 23.3 Å². The van der Waals surface area contributed by atoms with Crippen molar-refractivity contribution in [2.75, 3.05) is 17.6 Å². The Labute approximate surface area is 186 Å². The summed E-state index contributed by atoms with van der Waals surface area (Å²) in [4.78, 5) is 17.7. The number of para-hydroxylation sites is 1. The number of nitrogen functional groups attached to an aromatic ring is 1. The van der Waals surface area contributed by atoms with E-state index in [0.29, 0.717) is 12.4 Å². The van der Waals surface area contributed by atoms with Gasteiger partial charge in [-0.1, -0.05) is 72.8 Å². The number of nitrogens with zero attached hydrogens (tertiary/aromatic N) is 4. The van der Waals surface area contributed by atoms with Crippen molar-refractivity contribution in [1.82, 2.24) is 19.9 Å². The van der Waals surface area contributed by atoms with Crippen molar-refractivity contribution in [3.63, 3.8) is 0 Å². The van der Waals surface area contributed by atoms with Gasteiger partial charge in [-0.2, -0.15) is 0 Å². The standard InChI is InChI=1S/C26H22N6/c27-26-29-15-20(16-30-26)24-31-23-14-8-7-13-21(23)25(32-24)28-17-22(18-9-3-1-4-10-18)19-11-5-2-6-12-19/h1-16,22H,17H2,(H2,27,29,30)(H,28,31,32). The van der Waals surface area contributed by atoms with Crippen molar-refractivity contribution >= 4 is 22.7 Å². The van der Waals surface area contributed by atoms with E-state index in [9.17, 15) is 0 Å². The first-order valence-corrected chi connectivity index (χ1v) is 10.5. The van der Waals surface area contributed by atoms with Gasteiger partial charge in [0.15, 0.2) is 5.82 Å². The van der Waals surface area contributed by atoms with Crippen LogP contribution in [0.2, 0.25) is 0 Å². The van der Waals surface area contributed by atoms with E-state index in [1.165, 1.54) is 11.1 Å². The number of nitrogens with one attached hydrogen (secondary N) is 1. The van der Waals surface area contributed by atoms with Crippen LogP contribution in [0.15, 0.2) is 97.3 Å². The first-order valence-electron chi connectivity index (χ1n) is 10.5. The Morgan fingerprint density at radius 2 is 1.31 bits per heavy atom. The highest BCUT2D eigenvalue weighted by Crippen LogP contribution is 2.28. The molecule has 0 amide bonds. The molecule has 0 aliphatic heterocycles. The second-order valence-corrected chi connectivity index (χ2v) is 7.50. The molecule has 6 heteroatoms. The van der Waals surface area contributed by atoms with Gasteiger partial charge in [0.2, 0.25) is 5.95 Å². The van der Waals surface area contributed by atoms with E-state index in [1.807, 2.05) is 36.4 Å². The number of hydrogen-bond acceptors (Lipinski definition) is 6. The Morgan fingerprint density at radius 1 is 0.719 bits per heavy atom. The quantitative estimate of drug-likeness (QED) is 0.407. The van der Waals surface area contributed by atoms with E-state index in [0.717, 1.165) is 22.3 Å². The molecule has 6 nitrogen and oxygen atoms in total. The molecule has 0 saturated carbocycles. The van der Waals surface area contributed by atoms with Gasteiger partial charge in [-0.25, -0.2) is 19.9 Å². The molecular formula is C26H22N6. The number of anilines is 2. The topological polar surface area (TPSA) is 89.6 Å². The fourth-order valence-corrected chi connectivity index (χ4v) is 3.79. The maximum Gasteiger partial charge on any atom is 0.219 e. The molecule has 3 aromatic carbocycles. The monoisotopic (exact) mass is 418 g/mol. The van der Waals surface area contributed by atoms with Crippen LogP contribution in [0.25, 0.3) is 22.3 Å². The van der Waals surface area contributed by atoms with Crippen LogP contribution in [-0.2, 0) is 0 Å². The largest absolute Gasteiger partial charge is 0.368 e. The Kier molecular flexibility index (Phi) is 5.41. The van der Waals surface area contributed by atoms with Crippen LogP contribution in [0.5, 0.6) is 0 Å². The molecule has 2 heterocycles. The average molecular weight is 419 g/mol. The summed E-state index contributed by atoms with van der Waals surface area (Å²) >= 11 is 0. The van der Waals surface area contributed by atoms with Gasteiger partial charge >= 0.3 is 0 Å². The zero-order chi connectivity index (χ0) is 21.8. The molecule has 0 fully saturated rings. The van der Waals surface area contributed by atoms with Gasteiger partial charge < -0.3 is 11.1 Å². The van der Waals surface area contributed by atoms with Crippen LogP contribution in [0.3, 0.4) is 0 Å². The average Bonchev–Trinajstić information content (AvgIpc) is 2.86. The molecule has 5 rings (SSSR count). The third kappa shape index (κ3) is 4.11. The highest BCUT2D eigenvalue weighted by molar-refractivity contribution is 5.90. The zero-order valence-electron chi connectivity index (χ0n) is 17.4. The molecule has 0 atom stereocenters. The van der Waals surface area contributed by atoms with Crippen molar-refractivity contribution in [2.24, 2.45) is 0 Å². The van der Waals surface area contributed by atoms with Gasteiger partial charge in [0.25, 0.3) is 0 Å². The first-order chi connectivity index (χ1) is 15.8. The lowest BCUT2D eigenvalue weighted by Gasteiger charge is -2.20. The molecule has 0 radical (unpaired) electrons. The van der Waals surface area contributed by atoms with Crippen molar-refractivity contribution < 1.29 is 0 Å². The fraction of sp³-hybridized carbons (Fsp3) is 0.0769. The number of aromatic nitrogens is 4. The van der Waals surface area contributed by atoms with Gasteiger partial charge in [-0.15, -0.1) is 0 Å². The summed E-state index contributed by atoms with van der Waals surface area (Å²) in [5, 5.41) is 4.55. The van der Waals surface area contributed by atoms with E-state index in [1.54, 1.807) is 12.4 Å². The van der Waals surface area contributed by atoms with Crippen molar-refractivity contribution in [2.45, 2.75) is 5.92 Å². The van der Waals surface area contributed by atoms with Crippen LogP contribution < -0.4 is 11.1 Å². The lowest BCUT2D eigenvalue weighted by Crippen LogP contribution is -2.15. The van der Waals surface area contributed by atoms with Crippen LogP contribution in [-0.4, -0.2) is 26.5 Å². The van der Waals surface area contributed by atoms with Crippen molar-refractivity contribution in [3.05, 3.63) is 108 Å². The third-order valence-corrected chi connectivity index (χ3v) is 5.41. The molecule has 32 heavy (non-hydrogen) atoms. The van der Waals surface area contributed by atoms with E-state index >= 15 is 0 Å². The Morgan fingerprint density at radius 3 is 1.97 bits per heavy atom. The van der Waals surface area contributed by atoms with E-state index < -0.39 is 0 Å². The van der Waals surface area contributed by atoms with E-state index in [-0.39, 0.29) is 11.9 Å². The lowest BCUT2D eigenvalue weighted by molar-refractivity contribution is 0.849. The Hall–Kier alpha value is -4.32. The van der Waals surface area contributed by atoms with Crippen LogP contribution in [0, 0.1) is 0 Å². The smallest absolute Gasteiger partial charge is 0.219 e. The fourth-order valence-electron chi connectivity index (χ4n) is 3.79. The van der Waals surface area contributed by atoms with Crippen LogP contribution in [0.1, 0.15) is 17.0 Å². The SMILES string of the molecule is Nc1ncc(-c2nc(NCC(c3ccccc3)c3ccccc3)c3ccccc3n2)cn1. The predicted octanol–water partition coefficient (Wildman–Crippen LogP) is 4.91. The molecule has 0 aliphatic carbocycles. The van der Waals surface area contributed by atoms with Gasteiger partial charge in [0.05, 0.1) is 11.1 Å². The highest BCUT2D eigenvalue weighted by Gasteiger charge is 2.16. The maximum absolute atomic E-state index is 5.64. The van der Waals surface area contributed by atoms with Crippen molar-refractivity contribution in [3.8, 4) is 11.4 Å². The van der Waals surface area contributed by atoms with Gasteiger partial charge in [-0.3, -0.25) is 0 Å². The number of hydrogen-bond donors (Lipinski definition) is 2. The molecule has 156 valence electrons. The highest BCUT2D eigenvalue weighted by atomic mass is 15.0. The number of benzene rings is 3. The zero-order valence-corrected chi connectivity index (χ0v) is 17.4. The molecule has 0 spiro atoms. The molecule has 0 bridgehead atoms. The summed E-state index contributed by atoms with van der Waals surface area (Å²) in [5.74, 6) is 1.73. The normalized spacial score (nSPS) is 11.0. The van der Waals surface area contributed by atoms with E-state index in [2.05, 4.69) is 63.8 Å². The number of rotatable bonds is 6. The summed E-state index contributed by atoms with van der Waals surface area (Å²) < 4.78 is 0. The molecule has 0 saturated heterocycles. The minimum Gasteiger partial charge on any atom is -0.368 e. The molecule has 0 unspecified atom stereocenters. The second kappa shape index (κ2) is 8.81. The third-order valence-electron chi connectivity index (χ3n) is 5.41. The summed E-state index contributed by atoms with van der Waals surface area (Å²) in [7, 11) is 0. The number of fused-ring (bicyclic) bond motifs is 1. The summed E-state index contributed by atoms with van der Waals surface area (Å²) in [6, 6.07) is 29.0. The molecular weight excluding hydrogens is 396 g/mol. The summed E-state index contributed by atoms with van der Waals surface area (Å²) in [6.07, 6.45) is 3.29. The van der Waals surface area contributed by atoms with Crippen LogP contribution in [0.4, 0.5) is 11.8 Å². The molecule has 3 N–H and O–H groups in total. The summed E-state index contributed by atoms with van der Waals surface area (Å²) in [6.45, 7) is 0.687. The number of nitrogens with two attached hydrogens (primary N) is 1. The Bertz CT molecular complexity index is 1280. The second-order valence-electron chi connectivity index (χ2n) is 7.50. The van der Waals surface area contributed by atoms with E-state index in [4.69, 9.17) is 15.7 Å². The van der Waals surface area contributed by atoms with Crippen LogP contribution >= 0.6 is 0 Å².